The Labute approximate surface area is 72.0 Å². The van der Waals surface area contributed by atoms with E-state index in [1.54, 1.807) is 5.31 Å². The lowest BCUT2D eigenvalue weighted by Gasteiger charge is -2.45. The Hall–Kier alpha value is -0.0400. The third kappa shape index (κ3) is 2.48. The van der Waals surface area contributed by atoms with E-state index in [4.69, 9.17) is 1.41 Å². The molecule has 1 N–H and O–H groups in total. The molecule has 66 valence electrons. The second kappa shape index (κ2) is 2.48. The number of hydrogen-bond acceptors (Lipinski definition) is 1. The van der Waals surface area contributed by atoms with Crippen molar-refractivity contribution in [3.63, 3.8) is 0 Å². The monoisotopic (exact) mass is 157 g/mol. The molecule has 1 aliphatic heterocycles. The highest BCUT2D eigenvalue weighted by molar-refractivity contribution is 4.95. The number of nitrogens with one attached hydrogen (secondary N) is 1. The summed E-state index contributed by atoms with van der Waals surface area (Å²) in [5.74, 6) is 0.747. The van der Waals surface area contributed by atoms with Gasteiger partial charge in [-0.05, 0) is 46.5 Å². The van der Waals surface area contributed by atoms with E-state index in [1.807, 2.05) is 0 Å². The molecular weight excluding hydrogens is 134 g/mol. The first-order valence-electron chi connectivity index (χ1n) is 5.00. The molecule has 0 amide bonds. The predicted molar refractivity (Wildman–Crippen MR) is 49.7 cm³/mol. The van der Waals surface area contributed by atoms with Gasteiger partial charge in [-0.3, -0.25) is 0 Å². The van der Waals surface area contributed by atoms with Crippen LogP contribution in [0.15, 0.2) is 0 Å². The van der Waals surface area contributed by atoms with Gasteiger partial charge in [0.05, 0.1) is 0 Å². The fourth-order valence-electron chi connectivity index (χ4n) is 2.69. The summed E-state index contributed by atoms with van der Waals surface area (Å²) >= 11 is 0. The van der Waals surface area contributed by atoms with Crippen molar-refractivity contribution in [3.8, 4) is 0 Å². The highest BCUT2D eigenvalue weighted by atomic mass is 15.0. The average Bonchev–Trinajstić information content (AvgIpc) is 1.80. The summed E-state index contributed by atoms with van der Waals surface area (Å²) in [6, 6.07) is 0. The van der Waals surface area contributed by atoms with Crippen molar-refractivity contribution < 1.29 is 1.41 Å². The Balaban J connectivity index is 2.84. The average molecular weight is 157 g/mol. The normalized spacial score (nSPS) is 33.4. The Bertz CT molecular complexity index is 157. The van der Waals surface area contributed by atoms with Gasteiger partial charge in [0.15, 0.2) is 0 Å². The largest absolute Gasteiger partial charge is 0.307 e. The lowest BCUT2D eigenvalue weighted by molar-refractivity contribution is 0.138. The highest BCUT2D eigenvalue weighted by Crippen LogP contribution is 2.31. The summed E-state index contributed by atoms with van der Waals surface area (Å²) in [5.41, 5.74) is 0.0856. The molecule has 0 saturated carbocycles. The number of rotatable bonds is 0. The van der Waals surface area contributed by atoms with Crippen molar-refractivity contribution in [2.24, 2.45) is 5.92 Å². The molecule has 0 bridgehead atoms. The van der Waals surface area contributed by atoms with Gasteiger partial charge in [-0.15, -0.1) is 0 Å². The first kappa shape index (κ1) is 7.60. The standard InChI is InChI=1S/C10H21N/c1-8-6-9(2,3)11-10(4,5)7-8/h8,11H,6-7H2,1-5H3/i/hT. The van der Waals surface area contributed by atoms with Gasteiger partial charge in [0.1, 0.15) is 1.41 Å². The number of piperidine rings is 1. The SMILES string of the molecule is [3H]N1C(C)(C)CC(C)CC1(C)C. The molecule has 0 aromatic heterocycles. The van der Waals surface area contributed by atoms with Crippen LogP contribution in [0.3, 0.4) is 0 Å². The molecule has 11 heavy (non-hydrogen) atoms. The maximum Gasteiger partial charge on any atom is 0.123 e. The lowest BCUT2D eigenvalue weighted by atomic mass is 9.77. The topological polar surface area (TPSA) is 12.0 Å². The first-order valence-corrected chi connectivity index (χ1v) is 4.55. The van der Waals surface area contributed by atoms with Crippen LogP contribution < -0.4 is 5.31 Å². The molecule has 1 saturated heterocycles. The fraction of sp³-hybridized carbons (Fsp3) is 1.00. The zero-order valence-electron chi connectivity index (χ0n) is 9.44. The van der Waals surface area contributed by atoms with Crippen molar-refractivity contribution in [2.45, 2.75) is 58.5 Å². The molecule has 0 unspecified atom stereocenters. The van der Waals surface area contributed by atoms with Crippen LogP contribution in [-0.4, -0.2) is 11.1 Å². The van der Waals surface area contributed by atoms with Gasteiger partial charge in [0.25, 0.3) is 0 Å². The zero-order chi connectivity index (χ0) is 9.57. The Morgan fingerprint density at radius 2 is 1.55 bits per heavy atom. The molecule has 1 heterocycles. The first-order chi connectivity index (χ1) is 5.26. The third-order valence-corrected chi connectivity index (χ3v) is 2.30. The van der Waals surface area contributed by atoms with Crippen molar-refractivity contribution in [2.75, 3.05) is 0 Å². The molecule has 1 aliphatic rings. The van der Waals surface area contributed by atoms with Gasteiger partial charge < -0.3 is 5.31 Å². The molecule has 0 aromatic carbocycles. The smallest absolute Gasteiger partial charge is 0.123 e. The van der Waals surface area contributed by atoms with Gasteiger partial charge in [0, 0.05) is 11.1 Å². The minimum absolute atomic E-state index is 0.0428. The van der Waals surface area contributed by atoms with E-state index in [2.05, 4.69) is 34.6 Å². The maximum atomic E-state index is 8.00. The van der Waals surface area contributed by atoms with Crippen molar-refractivity contribution in [3.05, 3.63) is 0 Å². The van der Waals surface area contributed by atoms with Crippen molar-refractivity contribution in [1.82, 2.24) is 5.31 Å². The minimum atomic E-state index is 0.0428. The van der Waals surface area contributed by atoms with Crippen LogP contribution in [0.4, 0.5) is 0 Å². The van der Waals surface area contributed by atoms with E-state index in [0.29, 0.717) is 0 Å². The maximum absolute atomic E-state index is 8.00. The molecule has 0 spiro atoms. The van der Waals surface area contributed by atoms with Crippen LogP contribution in [0, 0.1) is 5.92 Å². The minimum Gasteiger partial charge on any atom is -0.307 e. The molecule has 0 atom stereocenters. The molecule has 0 radical (unpaired) electrons. The van der Waals surface area contributed by atoms with E-state index >= 15 is 0 Å². The zero-order valence-corrected chi connectivity index (χ0v) is 8.44. The van der Waals surface area contributed by atoms with Crippen LogP contribution >= 0.6 is 0 Å². The summed E-state index contributed by atoms with van der Waals surface area (Å²) in [5, 5.41) is 1.78. The summed E-state index contributed by atoms with van der Waals surface area (Å²) in [6.07, 6.45) is 2.28. The highest BCUT2D eigenvalue weighted by Gasteiger charge is 2.35. The van der Waals surface area contributed by atoms with Gasteiger partial charge in [-0.2, -0.15) is 0 Å². The van der Waals surface area contributed by atoms with Crippen molar-refractivity contribution in [1.29, 1.82) is 0 Å². The van der Waals surface area contributed by atoms with E-state index in [9.17, 15) is 0 Å². The molecule has 0 aliphatic carbocycles. The van der Waals surface area contributed by atoms with Crippen LogP contribution in [0.25, 0.3) is 0 Å². The summed E-state index contributed by atoms with van der Waals surface area (Å²) in [7, 11) is 0. The molecule has 0 aromatic rings. The molecular formula is C10H21N. The van der Waals surface area contributed by atoms with Gasteiger partial charge >= 0.3 is 0 Å². The number of hydrogen-bond donors (Lipinski definition) is 1. The van der Waals surface area contributed by atoms with Crippen molar-refractivity contribution >= 4 is 0 Å². The second-order valence-corrected chi connectivity index (χ2v) is 5.25. The lowest BCUT2D eigenvalue weighted by Crippen LogP contribution is -2.57. The molecule has 1 rings (SSSR count). The summed E-state index contributed by atoms with van der Waals surface area (Å²) < 4.78 is 8.00. The van der Waals surface area contributed by atoms with E-state index in [-0.39, 0.29) is 11.1 Å². The van der Waals surface area contributed by atoms with Crippen LogP contribution in [0.2, 0.25) is 1.41 Å². The van der Waals surface area contributed by atoms with Gasteiger partial charge in [-0.25, -0.2) is 0 Å². The van der Waals surface area contributed by atoms with E-state index in [1.165, 1.54) is 0 Å². The van der Waals surface area contributed by atoms with Crippen LogP contribution in [0.1, 0.15) is 47.5 Å². The molecule has 1 nitrogen and oxygen atoms in total. The summed E-state index contributed by atoms with van der Waals surface area (Å²) in [4.78, 5) is 0. The van der Waals surface area contributed by atoms with Gasteiger partial charge in [-0.1, -0.05) is 6.92 Å². The molecule has 1 fully saturated rings. The second-order valence-electron chi connectivity index (χ2n) is 5.25. The van der Waals surface area contributed by atoms with Crippen LogP contribution in [0.5, 0.6) is 0 Å². The summed E-state index contributed by atoms with van der Waals surface area (Å²) in [6.45, 7) is 10.9. The third-order valence-electron chi connectivity index (χ3n) is 2.30. The van der Waals surface area contributed by atoms with Gasteiger partial charge in [0.2, 0.25) is 0 Å². The fourth-order valence-corrected chi connectivity index (χ4v) is 2.69. The van der Waals surface area contributed by atoms with E-state index in [0.717, 1.165) is 18.8 Å². The Kier molecular flexibility index (Phi) is 1.71. The Morgan fingerprint density at radius 3 is 1.91 bits per heavy atom. The van der Waals surface area contributed by atoms with Crippen LogP contribution in [-0.2, 0) is 0 Å². The predicted octanol–water partition coefficient (Wildman–Crippen LogP) is 2.56. The quantitative estimate of drug-likeness (QED) is 0.570. The molecule has 1 heteroatoms. The van der Waals surface area contributed by atoms with E-state index < -0.39 is 0 Å². The Morgan fingerprint density at radius 1 is 1.18 bits per heavy atom.